The van der Waals surface area contributed by atoms with Gasteiger partial charge in [0.05, 0.1) is 0 Å². The SMILES string of the molecule is CCOC(CCN1Cc2ccccc2C1)C(=O)O. The number of fused-ring (bicyclic) bond motifs is 1. The van der Waals surface area contributed by atoms with Crippen LogP contribution in [-0.4, -0.2) is 35.2 Å². The molecule has 1 aliphatic rings. The molecular weight excluding hydrogens is 230 g/mol. The first kappa shape index (κ1) is 13.1. The second-order valence-corrected chi connectivity index (χ2v) is 4.55. The highest BCUT2D eigenvalue weighted by Gasteiger charge is 2.22. The predicted molar refractivity (Wildman–Crippen MR) is 68.2 cm³/mol. The van der Waals surface area contributed by atoms with Gasteiger partial charge in [-0.25, -0.2) is 4.79 Å². The Labute approximate surface area is 107 Å². The van der Waals surface area contributed by atoms with Gasteiger partial charge in [-0.2, -0.15) is 0 Å². The highest BCUT2D eigenvalue weighted by atomic mass is 16.5. The first-order chi connectivity index (χ1) is 8.70. The highest BCUT2D eigenvalue weighted by molar-refractivity contribution is 5.72. The van der Waals surface area contributed by atoms with Crippen LogP contribution in [0.1, 0.15) is 24.5 Å². The quantitative estimate of drug-likeness (QED) is 0.836. The first-order valence-corrected chi connectivity index (χ1v) is 6.34. The molecule has 0 amide bonds. The van der Waals surface area contributed by atoms with E-state index in [-0.39, 0.29) is 0 Å². The van der Waals surface area contributed by atoms with Gasteiger partial charge in [0.2, 0.25) is 0 Å². The van der Waals surface area contributed by atoms with Crippen molar-refractivity contribution in [3.8, 4) is 0 Å². The van der Waals surface area contributed by atoms with Gasteiger partial charge >= 0.3 is 5.97 Å². The standard InChI is InChI=1S/C14H19NO3/c1-2-18-13(14(16)17)7-8-15-9-11-5-3-4-6-12(11)10-15/h3-6,13H,2,7-10H2,1H3,(H,16,17). The van der Waals surface area contributed by atoms with E-state index in [0.29, 0.717) is 13.0 Å². The molecule has 0 aliphatic carbocycles. The molecule has 4 nitrogen and oxygen atoms in total. The van der Waals surface area contributed by atoms with Crippen LogP contribution in [-0.2, 0) is 22.6 Å². The van der Waals surface area contributed by atoms with Crippen molar-refractivity contribution in [2.24, 2.45) is 0 Å². The molecule has 98 valence electrons. The van der Waals surface area contributed by atoms with Gasteiger partial charge in [-0.15, -0.1) is 0 Å². The second kappa shape index (κ2) is 5.98. The van der Waals surface area contributed by atoms with Gasteiger partial charge in [0.15, 0.2) is 6.10 Å². The van der Waals surface area contributed by atoms with Crippen LogP contribution in [0.3, 0.4) is 0 Å². The molecule has 2 rings (SSSR count). The number of carboxylic acids is 1. The highest BCUT2D eigenvalue weighted by Crippen LogP contribution is 2.22. The van der Waals surface area contributed by atoms with E-state index in [2.05, 4.69) is 17.0 Å². The van der Waals surface area contributed by atoms with Crippen LogP contribution < -0.4 is 0 Å². The number of ether oxygens (including phenoxy) is 1. The molecule has 0 saturated heterocycles. The van der Waals surface area contributed by atoms with Gasteiger partial charge in [-0.05, 0) is 24.5 Å². The Morgan fingerprint density at radius 2 is 2.00 bits per heavy atom. The van der Waals surface area contributed by atoms with Gasteiger partial charge < -0.3 is 9.84 Å². The van der Waals surface area contributed by atoms with Crippen molar-refractivity contribution in [2.45, 2.75) is 32.5 Å². The molecule has 1 aromatic rings. The van der Waals surface area contributed by atoms with E-state index in [4.69, 9.17) is 9.84 Å². The Balaban J connectivity index is 1.84. The topological polar surface area (TPSA) is 49.8 Å². The fourth-order valence-corrected chi connectivity index (χ4v) is 2.34. The maximum Gasteiger partial charge on any atom is 0.332 e. The van der Waals surface area contributed by atoms with Crippen molar-refractivity contribution >= 4 is 5.97 Å². The summed E-state index contributed by atoms with van der Waals surface area (Å²) in [4.78, 5) is 13.2. The molecular formula is C14H19NO3. The zero-order valence-electron chi connectivity index (χ0n) is 10.6. The van der Waals surface area contributed by atoms with Crippen LogP contribution in [0.2, 0.25) is 0 Å². The molecule has 1 N–H and O–H groups in total. The maximum absolute atomic E-state index is 11.0. The van der Waals surface area contributed by atoms with Crippen molar-refractivity contribution in [3.63, 3.8) is 0 Å². The Morgan fingerprint density at radius 1 is 1.39 bits per heavy atom. The molecule has 1 aromatic carbocycles. The lowest BCUT2D eigenvalue weighted by Gasteiger charge is -2.18. The molecule has 0 aromatic heterocycles. The Kier molecular flexibility index (Phi) is 4.33. The summed E-state index contributed by atoms with van der Waals surface area (Å²) in [6, 6.07) is 8.35. The molecule has 0 spiro atoms. The molecule has 4 heteroatoms. The number of nitrogens with zero attached hydrogens (tertiary/aromatic N) is 1. The van der Waals surface area contributed by atoms with Gasteiger partial charge in [-0.3, -0.25) is 4.90 Å². The number of hydrogen-bond donors (Lipinski definition) is 1. The predicted octanol–water partition coefficient (Wildman–Crippen LogP) is 1.88. The summed E-state index contributed by atoms with van der Waals surface area (Å²) >= 11 is 0. The van der Waals surface area contributed by atoms with E-state index in [1.165, 1.54) is 11.1 Å². The van der Waals surface area contributed by atoms with Gasteiger partial charge in [0, 0.05) is 26.2 Å². The van der Waals surface area contributed by atoms with Crippen LogP contribution in [0.25, 0.3) is 0 Å². The lowest BCUT2D eigenvalue weighted by atomic mass is 10.1. The molecule has 1 unspecified atom stereocenters. The van der Waals surface area contributed by atoms with Crippen molar-refractivity contribution in [3.05, 3.63) is 35.4 Å². The summed E-state index contributed by atoms with van der Waals surface area (Å²) < 4.78 is 5.21. The van der Waals surface area contributed by atoms with Crippen molar-refractivity contribution in [1.82, 2.24) is 4.90 Å². The molecule has 0 bridgehead atoms. The van der Waals surface area contributed by atoms with E-state index < -0.39 is 12.1 Å². The summed E-state index contributed by atoms with van der Waals surface area (Å²) in [5.74, 6) is -0.867. The average molecular weight is 249 g/mol. The zero-order chi connectivity index (χ0) is 13.0. The molecule has 18 heavy (non-hydrogen) atoms. The minimum absolute atomic E-state index is 0.442. The van der Waals surface area contributed by atoms with Crippen LogP contribution in [0, 0.1) is 0 Å². The summed E-state index contributed by atoms with van der Waals surface area (Å²) in [7, 11) is 0. The molecule has 1 aliphatic heterocycles. The van der Waals surface area contributed by atoms with Crippen molar-refractivity contribution < 1.29 is 14.6 Å². The number of hydrogen-bond acceptors (Lipinski definition) is 3. The van der Waals surface area contributed by atoms with Crippen LogP contribution >= 0.6 is 0 Å². The first-order valence-electron chi connectivity index (χ1n) is 6.34. The summed E-state index contributed by atoms with van der Waals surface area (Å²) in [5.41, 5.74) is 2.70. The monoisotopic (exact) mass is 249 g/mol. The number of aliphatic carboxylic acids is 1. The molecule has 0 saturated carbocycles. The normalized spacial score (nSPS) is 16.5. The zero-order valence-corrected chi connectivity index (χ0v) is 10.6. The lowest BCUT2D eigenvalue weighted by molar-refractivity contribution is -0.150. The Hall–Kier alpha value is -1.39. The number of carbonyl (C=O) groups is 1. The average Bonchev–Trinajstić information content (AvgIpc) is 2.76. The number of benzene rings is 1. The van der Waals surface area contributed by atoms with Gasteiger partial charge in [0.25, 0.3) is 0 Å². The van der Waals surface area contributed by atoms with E-state index in [0.717, 1.165) is 19.6 Å². The van der Waals surface area contributed by atoms with Crippen molar-refractivity contribution in [1.29, 1.82) is 0 Å². The lowest BCUT2D eigenvalue weighted by Crippen LogP contribution is -2.29. The summed E-state index contributed by atoms with van der Waals surface area (Å²) in [6.45, 7) is 4.84. The molecule has 1 heterocycles. The van der Waals surface area contributed by atoms with Crippen LogP contribution in [0.5, 0.6) is 0 Å². The molecule has 0 radical (unpaired) electrons. The molecule has 1 atom stereocenters. The van der Waals surface area contributed by atoms with Crippen LogP contribution in [0.15, 0.2) is 24.3 Å². The molecule has 0 fully saturated rings. The number of carboxylic acid groups (broad SMARTS) is 1. The Bertz CT molecular complexity index is 394. The second-order valence-electron chi connectivity index (χ2n) is 4.55. The van der Waals surface area contributed by atoms with Gasteiger partial charge in [-0.1, -0.05) is 24.3 Å². The third-order valence-electron chi connectivity index (χ3n) is 3.26. The van der Waals surface area contributed by atoms with E-state index in [1.54, 1.807) is 0 Å². The van der Waals surface area contributed by atoms with Gasteiger partial charge in [0.1, 0.15) is 0 Å². The fourth-order valence-electron chi connectivity index (χ4n) is 2.34. The van der Waals surface area contributed by atoms with Crippen LogP contribution in [0.4, 0.5) is 0 Å². The number of rotatable bonds is 6. The van der Waals surface area contributed by atoms with E-state index in [1.807, 2.05) is 19.1 Å². The third-order valence-corrected chi connectivity index (χ3v) is 3.26. The minimum Gasteiger partial charge on any atom is -0.479 e. The summed E-state index contributed by atoms with van der Waals surface area (Å²) in [5, 5.41) is 9.01. The maximum atomic E-state index is 11.0. The largest absolute Gasteiger partial charge is 0.479 e. The fraction of sp³-hybridized carbons (Fsp3) is 0.500. The Morgan fingerprint density at radius 3 is 2.50 bits per heavy atom. The van der Waals surface area contributed by atoms with E-state index in [9.17, 15) is 4.79 Å². The third kappa shape index (κ3) is 3.09. The smallest absolute Gasteiger partial charge is 0.332 e. The van der Waals surface area contributed by atoms with E-state index >= 15 is 0 Å². The summed E-state index contributed by atoms with van der Waals surface area (Å²) in [6.07, 6.45) is -0.143. The van der Waals surface area contributed by atoms with Crippen molar-refractivity contribution in [2.75, 3.05) is 13.2 Å². The minimum atomic E-state index is -0.867.